The van der Waals surface area contributed by atoms with Crippen molar-refractivity contribution in [3.05, 3.63) is 60.4 Å². The number of nitrogen functional groups attached to an aromatic ring is 1. The van der Waals surface area contributed by atoms with Gasteiger partial charge >= 0.3 is 0 Å². The van der Waals surface area contributed by atoms with Crippen molar-refractivity contribution < 1.29 is 0 Å². The minimum Gasteiger partial charge on any atom is -0.399 e. The van der Waals surface area contributed by atoms with E-state index in [0.717, 1.165) is 29.0 Å². The van der Waals surface area contributed by atoms with Crippen LogP contribution >= 0.6 is 0 Å². The number of pyridine rings is 2. The van der Waals surface area contributed by atoms with Crippen LogP contribution in [0.5, 0.6) is 0 Å². The van der Waals surface area contributed by atoms with Gasteiger partial charge in [-0.1, -0.05) is 0 Å². The van der Waals surface area contributed by atoms with E-state index in [4.69, 9.17) is 5.73 Å². The van der Waals surface area contributed by atoms with Gasteiger partial charge in [0.15, 0.2) is 0 Å². The summed E-state index contributed by atoms with van der Waals surface area (Å²) in [5, 5.41) is 1.06. The van der Waals surface area contributed by atoms with Gasteiger partial charge in [0.2, 0.25) is 0 Å². The highest BCUT2D eigenvalue weighted by Crippen LogP contribution is 2.20. The van der Waals surface area contributed by atoms with Crippen LogP contribution in [-0.2, 0) is 6.54 Å². The zero-order valence-corrected chi connectivity index (χ0v) is 11.3. The van der Waals surface area contributed by atoms with Crippen LogP contribution in [0.15, 0.2) is 54.9 Å². The summed E-state index contributed by atoms with van der Waals surface area (Å²) in [5.74, 6) is 0.944. The largest absolute Gasteiger partial charge is 0.399 e. The van der Waals surface area contributed by atoms with E-state index in [2.05, 4.69) is 20.9 Å². The van der Waals surface area contributed by atoms with Crippen molar-refractivity contribution in [3.63, 3.8) is 0 Å². The molecule has 0 spiro atoms. The fourth-order valence-corrected chi connectivity index (χ4v) is 2.19. The first kappa shape index (κ1) is 12.4. The van der Waals surface area contributed by atoms with E-state index in [-0.39, 0.29) is 0 Å². The molecule has 0 saturated carbocycles. The van der Waals surface area contributed by atoms with Gasteiger partial charge in [-0.05, 0) is 48.0 Å². The predicted octanol–water partition coefficient (Wildman–Crippen LogP) is 2.85. The summed E-state index contributed by atoms with van der Waals surface area (Å²) in [7, 11) is 2.03. The maximum absolute atomic E-state index is 5.78. The molecule has 0 saturated heterocycles. The van der Waals surface area contributed by atoms with Crippen molar-refractivity contribution >= 4 is 22.4 Å². The lowest BCUT2D eigenvalue weighted by Crippen LogP contribution is -2.17. The third-order valence-electron chi connectivity index (χ3n) is 3.26. The first-order valence-corrected chi connectivity index (χ1v) is 6.49. The third-order valence-corrected chi connectivity index (χ3v) is 3.26. The van der Waals surface area contributed by atoms with Crippen molar-refractivity contribution in [1.29, 1.82) is 0 Å². The maximum Gasteiger partial charge on any atom is 0.129 e. The summed E-state index contributed by atoms with van der Waals surface area (Å²) in [5.41, 5.74) is 8.71. The molecular formula is C16H16N4. The topological polar surface area (TPSA) is 55.0 Å². The van der Waals surface area contributed by atoms with Crippen molar-refractivity contribution in [2.45, 2.75) is 6.54 Å². The van der Waals surface area contributed by atoms with E-state index in [1.807, 2.05) is 43.4 Å². The SMILES string of the molecule is CN(Cc1ccncc1)c1ccc2cc(N)ccc2n1. The van der Waals surface area contributed by atoms with Crippen molar-refractivity contribution in [2.24, 2.45) is 0 Å². The first-order chi connectivity index (χ1) is 9.72. The zero-order valence-electron chi connectivity index (χ0n) is 11.3. The van der Waals surface area contributed by atoms with Crippen LogP contribution in [0.25, 0.3) is 10.9 Å². The Morgan fingerprint density at radius 1 is 1.05 bits per heavy atom. The molecule has 0 aliphatic heterocycles. The minimum absolute atomic E-state index is 0.761. The number of nitrogens with two attached hydrogens (primary N) is 1. The summed E-state index contributed by atoms with van der Waals surface area (Å²) in [4.78, 5) is 10.8. The van der Waals surface area contributed by atoms with Gasteiger partial charge < -0.3 is 10.6 Å². The van der Waals surface area contributed by atoms with Gasteiger partial charge in [-0.2, -0.15) is 0 Å². The summed E-state index contributed by atoms with van der Waals surface area (Å²) >= 11 is 0. The smallest absolute Gasteiger partial charge is 0.129 e. The second kappa shape index (κ2) is 5.17. The normalized spacial score (nSPS) is 10.7. The van der Waals surface area contributed by atoms with Crippen LogP contribution in [0.2, 0.25) is 0 Å². The molecule has 100 valence electrons. The van der Waals surface area contributed by atoms with Crippen LogP contribution < -0.4 is 10.6 Å². The fraction of sp³-hybridized carbons (Fsp3) is 0.125. The molecule has 0 atom stereocenters. The predicted molar refractivity (Wildman–Crippen MR) is 82.5 cm³/mol. The number of hydrogen-bond acceptors (Lipinski definition) is 4. The van der Waals surface area contributed by atoms with Crippen molar-refractivity contribution in [3.8, 4) is 0 Å². The molecule has 0 aliphatic carbocycles. The van der Waals surface area contributed by atoms with Gasteiger partial charge in [0.05, 0.1) is 5.52 Å². The van der Waals surface area contributed by atoms with Gasteiger partial charge in [0, 0.05) is 37.1 Å². The molecule has 2 heterocycles. The average Bonchev–Trinajstić information content (AvgIpc) is 2.47. The molecule has 2 aromatic heterocycles. The molecule has 0 aliphatic rings. The molecule has 1 aromatic carbocycles. The average molecular weight is 264 g/mol. The van der Waals surface area contributed by atoms with Crippen LogP contribution in [0.4, 0.5) is 11.5 Å². The van der Waals surface area contributed by atoms with Crippen molar-refractivity contribution in [1.82, 2.24) is 9.97 Å². The highest BCUT2D eigenvalue weighted by Gasteiger charge is 2.05. The summed E-state index contributed by atoms with van der Waals surface area (Å²) < 4.78 is 0. The summed E-state index contributed by atoms with van der Waals surface area (Å²) in [6.07, 6.45) is 3.61. The Kier molecular flexibility index (Phi) is 3.21. The van der Waals surface area contributed by atoms with Crippen molar-refractivity contribution in [2.75, 3.05) is 17.7 Å². The highest BCUT2D eigenvalue weighted by molar-refractivity contribution is 5.83. The molecule has 0 radical (unpaired) electrons. The number of anilines is 2. The van der Waals surface area contributed by atoms with Gasteiger partial charge in [-0.15, -0.1) is 0 Å². The third kappa shape index (κ3) is 2.54. The second-order valence-corrected chi connectivity index (χ2v) is 4.83. The second-order valence-electron chi connectivity index (χ2n) is 4.83. The van der Waals surface area contributed by atoms with Gasteiger partial charge in [0.1, 0.15) is 5.82 Å². The summed E-state index contributed by atoms with van der Waals surface area (Å²) in [6.45, 7) is 0.802. The molecule has 2 N–H and O–H groups in total. The lowest BCUT2D eigenvalue weighted by Gasteiger charge is -2.18. The lowest BCUT2D eigenvalue weighted by atomic mass is 10.2. The molecule has 0 bridgehead atoms. The Labute approximate surface area is 117 Å². The maximum atomic E-state index is 5.78. The van der Waals surface area contributed by atoms with Crippen LogP contribution in [0.3, 0.4) is 0 Å². The summed E-state index contributed by atoms with van der Waals surface area (Å²) in [6, 6.07) is 13.9. The lowest BCUT2D eigenvalue weighted by molar-refractivity contribution is 0.900. The van der Waals surface area contributed by atoms with Crippen LogP contribution in [-0.4, -0.2) is 17.0 Å². The van der Waals surface area contributed by atoms with E-state index >= 15 is 0 Å². The quantitative estimate of drug-likeness (QED) is 0.739. The van der Waals surface area contributed by atoms with Gasteiger partial charge in [0.25, 0.3) is 0 Å². The van der Waals surface area contributed by atoms with E-state index in [0.29, 0.717) is 0 Å². The zero-order chi connectivity index (χ0) is 13.9. The van der Waals surface area contributed by atoms with Crippen LogP contribution in [0, 0.1) is 0 Å². The van der Waals surface area contributed by atoms with Gasteiger partial charge in [-0.25, -0.2) is 4.98 Å². The minimum atomic E-state index is 0.761. The van der Waals surface area contributed by atoms with E-state index in [9.17, 15) is 0 Å². The van der Waals surface area contributed by atoms with E-state index < -0.39 is 0 Å². The molecular weight excluding hydrogens is 248 g/mol. The Hall–Kier alpha value is -2.62. The van der Waals surface area contributed by atoms with Crippen LogP contribution in [0.1, 0.15) is 5.56 Å². The fourth-order valence-electron chi connectivity index (χ4n) is 2.19. The first-order valence-electron chi connectivity index (χ1n) is 6.49. The highest BCUT2D eigenvalue weighted by atomic mass is 15.2. The molecule has 3 rings (SSSR count). The molecule has 0 amide bonds. The molecule has 4 heteroatoms. The number of rotatable bonds is 3. The Morgan fingerprint density at radius 3 is 2.65 bits per heavy atom. The monoisotopic (exact) mass is 264 g/mol. The molecule has 0 unspecified atom stereocenters. The number of nitrogens with zero attached hydrogens (tertiary/aromatic N) is 3. The molecule has 4 nitrogen and oxygen atoms in total. The Bertz CT molecular complexity index is 725. The van der Waals surface area contributed by atoms with E-state index in [1.54, 1.807) is 12.4 Å². The van der Waals surface area contributed by atoms with E-state index in [1.165, 1.54) is 5.56 Å². The Balaban J connectivity index is 1.88. The Morgan fingerprint density at radius 2 is 1.85 bits per heavy atom. The number of hydrogen-bond donors (Lipinski definition) is 1. The molecule has 20 heavy (non-hydrogen) atoms. The standard InChI is InChI=1S/C16H16N4/c1-20(11-12-6-8-18-9-7-12)16-5-2-13-10-14(17)3-4-15(13)19-16/h2-10H,11,17H2,1H3. The number of benzene rings is 1. The number of fused-ring (bicyclic) bond motifs is 1. The number of aromatic nitrogens is 2. The van der Waals surface area contributed by atoms with Gasteiger partial charge in [-0.3, -0.25) is 4.98 Å². The molecule has 3 aromatic rings. The molecule has 0 fully saturated rings.